The lowest BCUT2D eigenvalue weighted by atomic mass is 10.0. The smallest absolute Gasteiger partial charge is 0.0819 e. The first-order valence-corrected chi connectivity index (χ1v) is 7.43. The molecule has 1 saturated carbocycles. The van der Waals surface area contributed by atoms with E-state index in [4.69, 9.17) is 0 Å². The van der Waals surface area contributed by atoms with Gasteiger partial charge in [-0.25, -0.2) is 0 Å². The monoisotopic (exact) mass is 361 g/mol. The molecule has 0 aliphatic heterocycles. The SMILES string of the molecule is Cc1cc(Br)c(NC2CCCC2(C)O)c(Br)c1. The molecule has 2 unspecified atom stereocenters. The van der Waals surface area contributed by atoms with Gasteiger partial charge in [-0.05, 0) is 82.7 Å². The second kappa shape index (κ2) is 4.90. The summed E-state index contributed by atoms with van der Waals surface area (Å²) in [5, 5.41) is 13.7. The Kier molecular flexibility index (Phi) is 3.86. The van der Waals surface area contributed by atoms with Crippen LogP contribution in [0.25, 0.3) is 0 Å². The molecule has 0 bridgehead atoms. The Morgan fingerprint density at radius 3 is 2.41 bits per heavy atom. The second-order valence-electron chi connectivity index (χ2n) is 5.05. The summed E-state index contributed by atoms with van der Waals surface area (Å²) in [6.07, 6.45) is 2.96. The zero-order valence-electron chi connectivity index (χ0n) is 10.1. The molecular formula is C13H17Br2NO. The lowest BCUT2D eigenvalue weighted by Crippen LogP contribution is -2.39. The molecule has 2 nitrogen and oxygen atoms in total. The van der Waals surface area contributed by atoms with Gasteiger partial charge in [0.1, 0.15) is 0 Å². The van der Waals surface area contributed by atoms with Crippen molar-refractivity contribution >= 4 is 37.5 Å². The minimum Gasteiger partial charge on any atom is -0.388 e. The molecule has 0 aromatic heterocycles. The van der Waals surface area contributed by atoms with Crippen LogP contribution in [0.15, 0.2) is 21.1 Å². The maximum atomic E-state index is 10.3. The number of aliphatic hydroxyl groups is 1. The van der Waals surface area contributed by atoms with Gasteiger partial charge in [-0.3, -0.25) is 0 Å². The van der Waals surface area contributed by atoms with Gasteiger partial charge in [0.25, 0.3) is 0 Å². The molecule has 2 N–H and O–H groups in total. The highest BCUT2D eigenvalue weighted by Crippen LogP contribution is 2.37. The number of aryl methyl sites for hydroxylation is 1. The van der Waals surface area contributed by atoms with Crippen LogP contribution in [0.5, 0.6) is 0 Å². The number of hydrogen-bond donors (Lipinski definition) is 2. The first-order valence-electron chi connectivity index (χ1n) is 5.85. The second-order valence-corrected chi connectivity index (χ2v) is 6.76. The number of anilines is 1. The molecule has 1 aromatic rings. The van der Waals surface area contributed by atoms with Gasteiger partial charge in [0.05, 0.1) is 17.3 Å². The third-order valence-corrected chi connectivity index (χ3v) is 4.68. The van der Waals surface area contributed by atoms with Gasteiger partial charge in [0.15, 0.2) is 0 Å². The molecule has 4 heteroatoms. The fraction of sp³-hybridized carbons (Fsp3) is 0.538. The van der Waals surface area contributed by atoms with E-state index in [-0.39, 0.29) is 6.04 Å². The highest BCUT2D eigenvalue weighted by molar-refractivity contribution is 9.11. The number of hydrogen-bond acceptors (Lipinski definition) is 2. The van der Waals surface area contributed by atoms with E-state index in [0.29, 0.717) is 0 Å². The highest BCUT2D eigenvalue weighted by atomic mass is 79.9. The van der Waals surface area contributed by atoms with Gasteiger partial charge >= 0.3 is 0 Å². The summed E-state index contributed by atoms with van der Waals surface area (Å²) in [5.41, 5.74) is 1.62. The lowest BCUT2D eigenvalue weighted by molar-refractivity contribution is 0.0578. The van der Waals surface area contributed by atoms with Gasteiger partial charge in [0.2, 0.25) is 0 Å². The third-order valence-electron chi connectivity index (χ3n) is 3.43. The van der Waals surface area contributed by atoms with Crippen molar-refractivity contribution in [2.75, 3.05) is 5.32 Å². The number of benzene rings is 1. The van der Waals surface area contributed by atoms with E-state index in [2.05, 4.69) is 56.2 Å². The summed E-state index contributed by atoms with van der Waals surface area (Å²) in [5.74, 6) is 0. The summed E-state index contributed by atoms with van der Waals surface area (Å²) in [6, 6.07) is 4.28. The molecule has 1 aromatic carbocycles. The van der Waals surface area contributed by atoms with Crippen molar-refractivity contribution in [3.63, 3.8) is 0 Å². The maximum Gasteiger partial charge on any atom is 0.0819 e. The van der Waals surface area contributed by atoms with E-state index in [1.807, 2.05) is 6.92 Å². The van der Waals surface area contributed by atoms with Crippen LogP contribution in [0, 0.1) is 6.92 Å². The number of rotatable bonds is 2. The van der Waals surface area contributed by atoms with E-state index >= 15 is 0 Å². The standard InChI is InChI=1S/C13H17Br2NO/c1-8-6-9(14)12(10(15)7-8)16-11-4-3-5-13(11,2)17/h6-7,11,16-17H,3-5H2,1-2H3. The molecule has 2 rings (SSSR count). The Hall–Kier alpha value is -0.0600. The van der Waals surface area contributed by atoms with Crippen molar-refractivity contribution < 1.29 is 5.11 Å². The van der Waals surface area contributed by atoms with Crippen molar-refractivity contribution in [1.29, 1.82) is 0 Å². The zero-order chi connectivity index (χ0) is 12.6. The Labute approximate surface area is 119 Å². The van der Waals surface area contributed by atoms with Crippen LogP contribution < -0.4 is 5.32 Å². The van der Waals surface area contributed by atoms with E-state index < -0.39 is 5.60 Å². The Morgan fingerprint density at radius 1 is 1.35 bits per heavy atom. The van der Waals surface area contributed by atoms with E-state index in [0.717, 1.165) is 33.9 Å². The van der Waals surface area contributed by atoms with Gasteiger partial charge in [-0.1, -0.05) is 0 Å². The van der Waals surface area contributed by atoms with Crippen molar-refractivity contribution in [2.45, 2.75) is 44.8 Å². The lowest BCUT2D eigenvalue weighted by Gasteiger charge is -2.28. The van der Waals surface area contributed by atoms with Crippen molar-refractivity contribution in [3.05, 3.63) is 26.6 Å². The molecule has 0 heterocycles. The minimum atomic E-state index is -0.607. The fourth-order valence-electron chi connectivity index (χ4n) is 2.39. The molecule has 2 atom stereocenters. The summed E-state index contributed by atoms with van der Waals surface area (Å²) >= 11 is 7.14. The maximum absolute atomic E-state index is 10.3. The Morgan fingerprint density at radius 2 is 1.94 bits per heavy atom. The Balaban J connectivity index is 2.25. The summed E-state index contributed by atoms with van der Waals surface area (Å²) in [4.78, 5) is 0. The van der Waals surface area contributed by atoms with Gasteiger partial charge in [-0.2, -0.15) is 0 Å². The van der Waals surface area contributed by atoms with E-state index in [1.54, 1.807) is 0 Å². The van der Waals surface area contributed by atoms with Gasteiger partial charge in [-0.15, -0.1) is 0 Å². The molecule has 0 amide bonds. The average Bonchev–Trinajstić information content (AvgIpc) is 2.51. The predicted octanol–water partition coefficient (Wildman–Crippen LogP) is 4.24. The molecule has 17 heavy (non-hydrogen) atoms. The molecule has 1 fully saturated rings. The van der Waals surface area contributed by atoms with Gasteiger partial charge < -0.3 is 10.4 Å². The molecule has 0 spiro atoms. The Bertz CT molecular complexity index is 408. The average molecular weight is 363 g/mol. The summed E-state index contributed by atoms with van der Waals surface area (Å²) in [7, 11) is 0. The van der Waals surface area contributed by atoms with Crippen LogP contribution >= 0.6 is 31.9 Å². The first kappa shape index (κ1) is 13.4. The topological polar surface area (TPSA) is 32.3 Å². The van der Waals surface area contributed by atoms with Crippen LogP contribution in [-0.2, 0) is 0 Å². The van der Waals surface area contributed by atoms with Crippen LogP contribution in [-0.4, -0.2) is 16.7 Å². The normalized spacial score (nSPS) is 28.4. The van der Waals surface area contributed by atoms with Crippen LogP contribution in [0.4, 0.5) is 5.69 Å². The van der Waals surface area contributed by atoms with E-state index in [9.17, 15) is 5.11 Å². The molecule has 0 radical (unpaired) electrons. The van der Waals surface area contributed by atoms with Crippen molar-refractivity contribution in [3.8, 4) is 0 Å². The third kappa shape index (κ3) is 2.85. The van der Waals surface area contributed by atoms with Crippen LogP contribution in [0.1, 0.15) is 31.7 Å². The fourth-order valence-corrected chi connectivity index (χ4v) is 4.03. The quantitative estimate of drug-likeness (QED) is 0.824. The molecule has 94 valence electrons. The van der Waals surface area contributed by atoms with Gasteiger partial charge in [0, 0.05) is 8.95 Å². The first-order chi connectivity index (χ1) is 7.90. The molecule has 0 saturated heterocycles. The van der Waals surface area contributed by atoms with Crippen LogP contribution in [0.2, 0.25) is 0 Å². The van der Waals surface area contributed by atoms with Crippen molar-refractivity contribution in [1.82, 2.24) is 0 Å². The molecule has 1 aliphatic rings. The predicted molar refractivity (Wildman–Crippen MR) is 78.5 cm³/mol. The van der Waals surface area contributed by atoms with E-state index in [1.165, 1.54) is 5.56 Å². The highest BCUT2D eigenvalue weighted by Gasteiger charge is 2.37. The number of nitrogens with one attached hydrogen (secondary N) is 1. The zero-order valence-corrected chi connectivity index (χ0v) is 13.2. The molecule has 1 aliphatic carbocycles. The minimum absolute atomic E-state index is 0.123. The van der Waals surface area contributed by atoms with Crippen molar-refractivity contribution in [2.24, 2.45) is 0 Å². The summed E-state index contributed by atoms with van der Waals surface area (Å²) in [6.45, 7) is 3.97. The van der Waals surface area contributed by atoms with Crippen LogP contribution in [0.3, 0.4) is 0 Å². The number of halogens is 2. The summed E-state index contributed by atoms with van der Waals surface area (Å²) < 4.78 is 2.07. The largest absolute Gasteiger partial charge is 0.388 e. The molecular weight excluding hydrogens is 346 g/mol.